The maximum Gasteiger partial charge on any atom is 0.0721 e. The van der Waals surface area contributed by atoms with Gasteiger partial charge in [-0.1, -0.05) is 36.5 Å². The Morgan fingerprint density at radius 1 is 0.900 bits per heavy atom. The number of hydrogen-bond acceptors (Lipinski definition) is 1. The van der Waals surface area contributed by atoms with Crippen molar-refractivity contribution in [3.8, 4) is 0 Å². The third-order valence-corrected chi connectivity index (χ3v) is 3.44. The average Bonchev–Trinajstić information content (AvgIpc) is 2.06. The molecular formula is C8H8OS. The van der Waals surface area contributed by atoms with Crippen molar-refractivity contribution >= 4 is 10.8 Å². The maximum atomic E-state index is 11.4. The summed E-state index contributed by atoms with van der Waals surface area (Å²) >= 11 is 0. The molecule has 0 saturated carbocycles. The Labute approximate surface area is 62.6 Å². The van der Waals surface area contributed by atoms with Crippen LogP contribution in [0.2, 0.25) is 0 Å². The van der Waals surface area contributed by atoms with Crippen molar-refractivity contribution in [3.63, 3.8) is 0 Å². The Morgan fingerprint density at radius 2 is 1.40 bits per heavy atom. The molecule has 2 heteroatoms. The van der Waals surface area contributed by atoms with Gasteiger partial charge in [-0.25, -0.2) is 0 Å². The van der Waals surface area contributed by atoms with Crippen LogP contribution in [0.3, 0.4) is 0 Å². The van der Waals surface area contributed by atoms with Crippen LogP contribution in [0, 0.1) is 0 Å². The molecule has 0 amide bonds. The minimum absolute atomic E-state index is 0.167. The van der Waals surface area contributed by atoms with Gasteiger partial charge in [-0.05, 0) is 0 Å². The predicted octanol–water partition coefficient (Wildman–Crippen LogP) is 1.17. The summed E-state index contributed by atoms with van der Waals surface area (Å²) in [5, 5.41) is 0.333. The molecule has 2 bridgehead atoms. The summed E-state index contributed by atoms with van der Waals surface area (Å²) in [6.07, 6.45) is 11.9. The second kappa shape index (κ2) is 2.20. The molecule has 2 heterocycles. The zero-order chi connectivity index (χ0) is 6.97. The largest absolute Gasteiger partial charge is 0.258 e. The molecule has 0 N–H and O–H groups in total. The van der Waals surface area contributed by atoms with Crippen molar-refractivity contribution in [2.24, 2.45) is 0 Å². The van der Waals surface area contributed by atoms with Crippen LogP contribution in [-0.4, -0.2) is 14.7 Å². The lowest BCUT2D eigenvalue weighted by atomic mass is 10.2. The van der Waals surface area contributed by atoms with Crippen LogP contribution < -0.4 is 0 Å². The Morgan fingerprint density at radius 3 is 1.90 bits per heavy atom. The summed E-state index contributed by atoms with van der Waals surface area (Å²) in [7, 11) is -0.721. The molecule has 0 aliphatic carbocycles. The van der Waals surface area contributed by atoms with Gasteiger partial charge in [0.1, 0.15) is 0 Å². The van der Waals surface area contributed by atoms with Crippen LogP contribution in [0.1, 0.15) is 0 Å². The first kappa shape index (κ1) is 6.10. The van der Waals surface area contributed by atoms with E-state index >= 15 is 0 Å². The average molecular weight is 152 g/mol. The smallest absolute Gasteiger partial charge is 0.0721 e. The third kappa shape index (κ3) is 0.797. The monoisotopic (exact) mass is 152 g/mol. The van der Waals surface area contributed by atoms with Gasteiger partial charge in [0.25, 0.3) is 0 Å². The topological polar surface area (TPSA) is 17.1 Å². The van der Waals surface area contributed by atoms with Crippen LogP contribution >= 0.6 is 0 Å². The Hall–Kier alpha value is -0.630. The minimum Gasteiger partial charge on any atom is -0.258 e. The lowest BCUT2D eigenvalue weighted by molar-refractivity contribution is 0.682. The van der Waals surface area contributed by atoms with E-state index in [1.165, 1.54) is 0 Å². The molecule has 52 valence electrons. The van der Waals surface area contributed by atoms with Gasteiger partial charge in [0.05, 0.1) is 10.5 Å². The molecular weight excluding hydrogens is 144 g/mol. The normalized spacial score (nSPS) is 42.2. The van der Waals surface area contributed by atoms with Crippen LogP contribution in [0.25, 0.3) is 0 Å². The molecule has 2 atom stereocenters. The first-order chi connectivity index (χ1) is 4.88. The third-order valence-electron chi connectivity index (χ3n) is 1.74. The lowest BCUT2D eigenvalue weighted by Gasteiger charge is -2.00. The highest BCUT2D eigenvalue weighted by molar-refractivity contribution is 7.87. The molecule has 0 fully saturated rings. The summed E-state index contributed by atoms with van der Waals surface area (Å²) in [5.74, 6) is 0. The highest BCUT2D eigenvalue weighted by Crippen LogP contribution is 2.20. The molecule has 0 unspecified atom stereocenters. The van der Waals surface area contributed by atoms with Crippen molar-refractivity contribution in [1.82, 2.24) is 0 Å². The molecule has 10 heavy (non-hydrogen) atoms. The van der Waals surface area contributed by atoms with E-state index in [0.717, 1.165) is 0 Å². The summed E-state index contributed by atoms with van der Waals surface area (Å²) in [6.45, 7) is 0. The standard InChI is InChI=1S/C8H8OS/c9-10-7-3-1-2-4-8(10)6-5-7/h1-8H/t7-,8-/m0/s1. The molecule has 0 aromatic rings. The molecule has 0 aromatic heterocycles. The quantitative estimate of drug-likeness (QED) is 0.476. The fourth-order valence-electron chi connectivity index (χ4n) is 1.19. The van der Waals surface area contributed by atoms with Crippen molar-refractivity contribution in [1.29, 1.82) is 0 Å². The molecule has 2 aliphatic heterocycles. The van der Waals surface area contributed by atoms with Gasteiger partial charge in [-0.15, -0.1) is 0 Å². The molecule has 2 rings (SSSR count). The van der Waals surface area contributed by atoms with Gasteiger partial charge in [-0.3, -0.25) is 4.21 Å². The number of allylic oxidation sites excluding steroid dienone is 2. The van der Waals surface area contributed by atoms with E-state index in [9.17, 15) is 4.21 Å². The second-order valence-electron chi connectivity index (χ2n) is 2.41. The molecule has 1 nitrogen and oxygen atoms in total. The summed E-state index contributed by atoms with van der Waals surface area (Å²) in [4.78, 5) is 0. The Bertz CT molecular complexity index is 226. The summed E-state index contributed by atoms with van der Waals surface area (Å²) in [6, 6.07) is 0. The van der Waals surface area contributed by atoms with E-state index in [-0.39, 0.29) is 10.5 Å². The highest BCUT2D eigenvalue weighted by atomic mass is 32.2. The number of fused-ring (bicyclic) bond motifs is 2. The van der Waals surface area contributed by atoms with E-state index in [4.69, 9.17) is 0 Å². The summed E-state index contributed by atoms with van der Waals surface area (Å²) in [5.41, 5.74) is 0. The first-order valence-corrected chi connectivity index (χ1v) is 4.58. The van der Waals surface area contributed by atoms with Crippen molar-refractivity contribution in [2.45, 2.75) is 10.5 Å². The van der Waals surface area contributed by atoms with Crippen LogP contribution in [0.5, 0.6) is 0 Å². The van der Waals surface area contributed by atoms with Gasteiger partial charge >= 0.3 is 0 Å². The zero-order valence-corrected chi connectivity index (χ0v) is 6.25. The second-order valence-corrected chi connectivity index (χ2v) is 4.16. The van der Waals surface area contributed by atoms with Gasteiger partial charge in [-0.2, -0.15) is 0 Å². The van der Waals surface area contributed by atoms with E-state index in [1.54, 1.807) is 0 Å². The SMILES string of the molecule is O=S1[C@H]2C=CC=C[C@H]1C=C2. The predicted molar refractivity (Wildman–Crippen MR) is 43.1 cm³/mol. The Balaban J connectivity index is 2.44. The first-order valence-electron chi connectivity index (χ1n) is 3.30. The van der Waals surface area contributed by atoms with E-state index in [0.29, 0.717) is 0 Å². The molecule has 0 radical (unpaired) electrons. The van der Waals surface area contributed by atoms with Gasteiger partial charge in [0.2, 0.25) is 0 Å². The van der Waals surface area contributed by atoms with E-state index < -0.39 is 10.8 Å². The number of hydrogen-bond donors (Lipinski definition) is 0. The van der Waals surface area contributed by atoms with E-state index in [2.05, 4.69) is 0 Å². The maximum absolute atomic E-state index is 11.4. The summed E-state index contributed by atoms with van der Waals surface area (Å²) < 4.78 is 11.4. The molecule has 0 aromatic carbocycles. The Kier molecular flexibility index (Phi) is 1.34. The minimum atomic E-state index is -0.721. The van der Waals surface area contributed by atoms with Crippen LogP contribution in [-0.2, 0) is 10.8 Å². The van der Waals surface area contributed by atoms with Crippen molar-refractivity contribution in [3.05, 3.63) is 36.5 Å². The highest BCUT2D eigenvalue weighted by Gasteiger charge is 2.24. The van der Waals surface area contributed by atoms with Gasteiger partial charge in [0, 0.05) is 10.8 Å². The van der Waals surface area contributed by atoms with E-state index in [1.807, 2.05) is 36.5 Å². The van der Waals surface area contributed by atoms with Crippen LogP contribution in [0.15, 0.2) is 36.5 Å². The number of rotatable bonds is 0. The molecule has 2 aliphatic rings. The van der Waals surface area contributed by atoms with Crippen molar-refractivity contribution in [2.75, 3.05) is 0 Å². The zero-order valence-electron chi connectivity index (χ0n) is 5.44. The fraction of sp³-hybridized carbons (Fsp3) is 0.250. The van der Waals surface area contributed by atoms with Crippen molar-refractivity contribution < 1.29 is 4.21 Å². The molecule has 0 saturated heterocycles. The lowest BCUT2D eigenvalue weighted by Crippen LogP contribution is -2.11. The molecule has 0 spiro atoms. The van der Waals surface area contributed by atoms with Gasteiger partial charge < -0.3 is 0 Å². The fourth-order valence-corrected chi connectivity index (χ4v) is 2.53. The van der Waals surface area contributed by atoms with Gasteiger partial charge in [0.15, 0.2) is 0 Å². The van der Waals surface area contributed by atoms with Crippen LogP contribution in [0.4, 0.5) is 0 Å².